The van der Waals surface area contributed by atoms with Crippen LogP contribution in [0.25, 0.3) is 0 Å². The number of nitrogen functional groups attached to an aromatic ring is 1. The van der Waals surface area contributed by atoms with Gasteiger partial charge in [0, 0.05) is 23.8 Å². The van der Waals surface area contributed by atoms with E-state index in [2.05, 4.69) is 29.6 Å². The van der Waals surface area contributed by atoms with Crippen molar-refractivity contribution in [2.45, 2.75) is 0 Å². The molecule has 72 valence electrons. The Morgan fingerprint density at radius 1 is 1.07 bits per heavy atom. The van der Waals surface area contributed by atoms with Gasteiger partial charge >= 0.3 is 0 Å². The minimum Gasteiger partial charge on any atom is -0.399 e. The van der Waals surface area contributed by atoms with Crippen LogP contribution in [0.3, 0.4) is 0 Å². The molecule has 14 heavy (non-hydrogen) atoms. The average molecular weight is 186 g/mol. The summed E-state index contributed by atoms with van der Waals surface area (Å²) in [7, 11) is 0. The number of benzene rings is 1. The number of allylic oxidation sites excluding steroid dienone is 2. The van der Waals surface area contributed by atoms with E-state index in [1.807, 2.05) is 24.3 Å². The molecule has 0 aliphatic heterocycles. The Labute approximate surface area is 84.1 Å². The fourth-order valence-corrected chi connectivity index (χ4v) is 1.45. The highest BCUT2D eigenvalue weighted by molar-refractivity contribution is 5.51. The highest BCUT2D eigenvalue weighted by Crippen LogP contribution is 2.13. The van der Waals surface area contributed by atoms with Gasteiger partial charge in [-0.1, -0.05) is 24.3 Å². The first-order valence-electron chi connectivity index (χ1n) is 4.79. The largest absolute Gasteiger partial charge is 0.399 e. The van der Waals surface area contributed by atoms with Gasteiger partial charge in [-0.25, -0.2) is 0 Å². The minimum atomic E-state index is 0.521. The van der Waals surface area contributed by atoms with E-state index in [9.17, 15) is 0 Å². The van der Waals surface area contributed by atoms with Gasteiger partial charge in [-0.2, -0.15) is 0 Å². The van der Waals surface area contributed by atoms with Crippen molar-refractivity contribution in [1.29, 1.82) is 0 Å². The maximum atomic E-state index is 5.59. The lowest BCUT2D eigenvalue weighted by Gasteiger charge is -2.09. The lowest BCUT2D eigenvalue weighted by molar-refractivity contribution is 0.871. The van der Waals surface area contributed by atoms with Crippen molar-refractivity contribution < 1.29 is 0 Å². The molecule has 0 radical (unpaired) electrons. The molecule has 1 aliphatic rings. The van der Waals surface area contributed by atoms with E-state index in [1.54, 1.807) is 0 Å². The molecular weight excluding hydrogens is 172 g/mol. The summed E-state index contributed by atoms with van der Waals surface area (Å²) in [6.07, 6.45) is 8.53. The second-order valence-electron chi connectivity index (χ2n) is 3.44. The molecule has 0 bridgehead atoms. The summed E-state index contributed by atoms with van der Waals surface area (Å²) >= 11 is 0. The Morgan fingerprint density at radius 3 is 2.36 bits per heavy atom. The van der Waals surface area contributed by atoms with Crippen LogP contribution in [0.5, 0.6) is 0 Å². The van der Waals surface area contributed by atoms with Gasteiger partial charge in [0.1, 0.15) is 0 Å². The van der Waals surface area contributed by atoms with E-state index in [-0.39, 0.29) is 0 Å². The molecule has 1 aromatic carbocycles. The van der Waals surface area contributed by atoms with Gasteiger partial charge in [0.05, 0.1) is 0 Å². The van der Waals surface area contributed by atoms with E-state index in [4.69, 9.17) is 5.73 Å². The van der Waals surface area contributed by atoms with Crippen molar-refractivity contribution in [1.82, 2.24) is 0 Å². The Bertz CT molecular complexity index is 337. The molecule has 0 aromatic heterocycles. The maximum absolute atomic E-state index is 5.59. The van der Waals surface area contributed by atoms with Crippen molar-refractivity contribution >= 4 is 11.4 Å². The number of nitrogens with one attached hydrogen (secondary N) is 1. The first kappa shape index (κ1) is 8.88. The Morgan fingerprint density at radius 2 is 1.71 bits per heavy atom. The number of rotatable bonds is 3. The smallest absolute Gasteiger partial charge is 0.0341 e. The third kappa shape index (κ3) is 2.16. The summed E-state index contributed by atoms with van der Waals surface area (Å²) in [6.45, 7) is 0.941. The van der Waals surface area contributed by atoms with Gasteiger partial charge in [-0.15, -0.1) is 0 Å². The van der Waals surface area contributed by atoms with Crippen LogP contribution in [0.2, 0.25) is 0 Å². The van der Waals surface area contributed by atoms with E-state index in [1.165, 1.54) is 0 Å². The maximum Gasteiger partial charge on any atom is 0.0341 e. The minimum absolute atomic E-state index is 0.521. The highest BCUT2D eigenvalue weighted by atomic mass is 14.9. The monoisotopic (exact) mass is 186 g/mol. The average Bonchev–Trinajstić information content (AvgIpc) is 2.70. The molecular formula is C12H14N2. The van der Waals surface area contributed by atoms with Crippen LogP contribution in [-0.4, -0.2) is 6.54 Å². The van der Waals surface area contributed by atoms with Crippen molar-refractivity contribution in [3.63, 3.8) is 0 Å². The summed E-state index contributed by atoms with van der Waals surface area (Å²) in [5.74, 6) is 0.521. The molecule has 0 heterocycles. The number of nitrogens with two attached hydrogens (primary N) is 1. The number of hydrogen-bond acceptors (Lipinski definition) is 2. The van der Waals surface area contributed by atoms with Crippen LogP contribution >= 0.6 is 0 Å². The topological polar surface area (TPSA) is 38.0 Å². The molecule has 0 unspecified atom stereocenters. The van der Waals surface area contributed by atoms with E-state index < -0.39 is 0 Å². The molecule has 2 rings (SSSR count). The summed E-state index contributed by atoms with van der Waals surface area (Å²) < 4.78 is 0. The zero-order valence-electron chi connectivity index (χ0n) is 7.98. The van der Waals surface area contributed by atoms with E-state index in [0.29, 0.717) is 5.92 Å². The molecule has 0 spiro atoms. The number of anilines is 2. The van der Waals surface area contributed by atoms with Crippen molar-refractivity contribution in [3.05, 3.63) is 48.6 Å². The molecule has 2 heteroatoms. The molecule has 2 nitrogen and oxygen atoms in total. The molecule has 1 aliphatic carbocycles. The highest BCUT2D eigenvalue weighted by Gasteiger charge is 2.02. The first-order valence-corrected chi connectivity index (χ1v) is 4.79. The summed E-state index contributed by atoms with van der Waals surface area (Å²) in [5.41, 5.74) is 7.52. The quantitative estimate of drug-likeness (QED) is 0.711. The molecule has 3 N–H and O–H groups in total. The molecule has 1 aromatic rings. The van der Waals surface area contributed by atoms with E-state index in [0.717, 1.165) is 17.9 Å². The van der Waals surface area contributed by atoms with Gasteiger partial charge in [0.15, 0.2) is 0 Å². The van der Waals surface area contributed by atoms with Gasteiger partial charge in [0.25, 0.3) is 0 Å². The van der Waals surface area contributed by atoms with Gasteiger partial charge in [-0.3, -0.25) is 0 Å². The van der Waals surface area contributed by atoms with Crippen LogP contribution in [0.1, 0.15) is 0 Å². The first-order chi connectivity index (χ1) is 6.84. The molecule has 0 fully saturated rings. The Kier molecular flexibility index (Phi) is 2.54. The summed E-state index contributed by atoms with van der Waals surface area (Å²) in [5, 5.41) is 3.36. The van der Waals surface area contributed by atoms with Crippen LogP contribution in [0.4, 0.5) is 11.4 Å². The number of hydrogen-bond donors (Lipinski definition) is 2. The van der Waals surface area contributed by atoms with Crippen LogP contribution in [-0.2, 0) is 0 Å². The molecule has 0 atom stereocenters. The fraction of sp³-hybridized carbons (Fsp3) is 0.167. The van der Waals surface area contributed by atoms with Crippen molar-refractivity contribution in [3.8, 4) is 0 Å². The molecule has 0 amide bonds. The van der Waals surface area contributed by atoms with E-state index >= 15 is 0 Å². The van der Waals surface area contributed by atoms with Crippen LogP contribution in [0.15, 0.2) is 48.6 Å². The second kappa shape index (κ2) is 4.01. The lowest BCUT2D eigenvalue weighted by atomic mass is 10.1. The molecule has 0 saturated carbocycles. The fourth-order valence-electron chi connectivity index (χ4n) is 1.45. The normalized spacial score (nSPS) is 14.9. The zero-order chi connectivity index (χ0) is 9.80. The predicted octanol–water partition coefficient (Wildman–Crippen LogP) is 2.42. The predicted molar refractivity (Wildman–Crippen MR) is 61.1 cm³/mol. The summed E-state index contributed by atoms with van der Waals surface area (Å²) in [6, 6.07) is 7.81. The summed E-state index contributed by atoms with van der Waals surface area (Å²) in [4.78, 5) is 0. The third-order valence-electron chi connectivity index (χ3n) is 2.28. The SMILES string of the molecule is Nc1ccc(NCC2C=CC=C2)cc1. The third-order valence-corrected chi connectivity index (χ3v) is 2.28. The second-order valence-corrected chi connectivity index (χ2v) is 3.44. The van der Waals surface area contributed by atoms with Crippen LogP contribution < -0.4 is 11.1 Å². The van der Waals surface area contributed by atoms with Gasteiger partial charge < -0.3 is 11.1 Å². The lowest BCUT2D eigenvalue weighted by Crippen LogP contribution is -2.08. The Balaban J connectivity index is 1.88. The van der Waals surface area contributed by atoms with Crippen molar-refractivity contribution in [2.75, 3.05) is 17.6 Å². The Hall–Kier alpha value is -1.70. The standard InChI is InChI=1S/C12H14N2/c13-11-5-7-12(8-6-11)14-9-10-3-1-2-4-10/h1-8,10,14H,9,13H2. The van der Waals surface area contributed by atoms with Crippen LogP contribution in [0, 0.1) is 5.92 Å². The zero-order valence-corrected chi connectivity index (χ0v) is 7.98. The van der Waals surface area contributed by atoms with Crippen molar-refractivity contribution in [2.24, 2.45) is 5.92 Å². The van der Waals surface area contributed by atoms with Gasteiger partial charge in [-0.05, 0) is 24.3 Å². The molecule has 0 saturated heterocycles. The van der Waals surface area contributed by atoms with Gasteiger partial charge in [0.2, 0.25) is 0 Å².